The van der Waals surface area contributed by atoms with Crippen molar-refractivity contribution in [2.75, 3.05) is 13.1 Å². The van der Waals surface area contributed by atoms with Crippen LogP contribution in [-0.2, 0) is 4.79 Å². The molecule has 0 fully saturated rings. The van der Waals surface area contributed by atoms with E-state index in [0.29, 0.717) is 17.1 Å². The van der Waals surface area contributed by atoms with Crippen LogP contribution < -0.4 is 0 Å². The molecule has 0 radical (unpaired) electrons. The Hall–Kier alpha value is -1.55. The summed E-state index contributed by atoms with van der Waals surface area (Å²) >= 11 is 5.80. The van der Waals surface area contributed by atoms with Gasteiger partial charge in [-0.25, -0.2) is 0 Å². The summed E-state index contributed by atoms with van der Waals surface area (Å²) in [6, 6.07) is 6.62. The van der Waals surface area contributed by atoms with Gasteiger partial charge in [0.05, 0.1) is 5.92 Å². The number of amides is 1. The average Bonchev–Trinajstić information content (AvgIpc) is 2.37. The quantitative estimate of drug-likeness (QED) is 0.877. The molecule has 0 bridgehead atoms. The SMILES string of the molecule is CC(C)CN(CC(C)C(=O)O)C(=O)c1ccc(Cl)cc1. The zero-order valence-corrected chi connectivity index (χ0v) is 12.7. The molecule has 1 amide bonds. The molecule has 0 heterocycles. The zero-order chi connectivity index (χ0) is 15.3. The predicted octanol–water partition coefficient (Wildman–Crippen LogP) is 3.16. The van der Waals surface area contributed by atoms with E-state index in [1.54, 1.807) is 36.1 Å². The summed E-state index contributed by atoms with van der Waals surface area (Å²) in [4.78, 5) is 25.0. The fraction of sp³-hybridized carbons (Fsp3) is 0.467. The first kappa shape index (κ1) is 16.5. The van der Waals surface area contributed by atoms with Crippen LogP contribution in [0.4, 0.5) is 0 Å². The topological polar surface area (TPSA) is 57.6 Å². The summed E-state index contributed by atoms with van der Waals surface area (Å²) in [5.41, 5.74) is 0.521. The molecule has 110 valence electrons. The van der Waals surface area contributed by atoms with Gasteiger partial charge in [-0.2, -0.15) is 0 Å². The fourth-order valence-corrected chi connectivity index (χ4v) is 1.99. The lowest BCUT2D eigenvalue weighted by Crippen LogP contribution is -2.39. The lowest BCUT2D eigenvalue weighted by Gasteiger charge is -2.26. The molecule has 0 saturated heterocycles. The third-order valence-corrected chi connectivity index (χ3v) is 3.13. The van der Waals surface area contributed by atoms with Crippen LogP contribution in [0.25, 0.3) is 0 Å². The minimum atomic E-state index is -0.900. The highest BCUT2D eigenvalue weighted by Gasteiger charge is 2.22. The summed E-state index contributed by atoms with van der Waals surface area (Å²) in [7, 11) is 0. The second-order valence-electron chi connectivity index (χ2n) is 5.35. The zero-order valence-electron chi connectivity index (χ0n) is 12.0. The number of nitrogens with zero attached hydrogens (tertiary/aromatic N) is 1. The number of rotatable bonds is 6. The molecule has 1 rings (SSSR count). The molecule has 1 aromatic carbocycles. The Bertz CT molecular complexity index is 471. The van der Waals surface area contributed by atoms with Crippen molar-refractivity contribution in [1.82, 2.24) is 4.90 Å². The van der Waals surface area contributed by atoms with Gasteiger partial charge >= 0.3 is 5.97 Å². The first-order chi connectivity index (χ1) is 9.31. The van der Waals surface area contributed by atoms with Crippen LogP contribution in [0.3, 0.4) is 0 Å². The molecule has 5 heteroatoms. The van der Waals surface area contributed by atoms with Crippen molar-refractivity contribution in [2.45, 2.75) is 20.8 Å². The molecule has 0 aliphatic carbocycles. The molecule has 1 atom stereocenters. The maximum atomic E-state index is 12.4. The van der Waals surface area contributed by atoms with E-state index in [1.165, 1.54) is 0 Å². The number of hydrogen-bond acceptors (Lipinski definition) is 2. The van der Waals surface area contributed by atoms with Crippen molar-refractivity contribution in [3.8, 4) is 0 Å². The van der Waals surface area contributed by atoms with Crippen molar-refractivity contribution in [3.63, 3.8) is 0 Å². The summed E-state index contributed by atoms with van der Waals surface area (Å²) in [5, 5.41) is 9.56. The number of carboxylic acids is 1. The van der Waals surface area contributed by atoms with Gasteiger partial charge in [0.15, 0.2) is 0 Å². The number of carbonyl (C=O) groups is 2. The number of carboxylic acid groups (broad SMARTS) is 1. The molecule has 0 spiro atoms. The second-order valence-corrected chi connectivity index (χ2v) is 5.79. The van der Waals surface area contributed by atoms with Gasteiger partial charge in [0.1, 0.15) is 0 Å². The Morgan fingerprint density at radius 2 is 1.70 bits per heavy atom. The van der Waals surface area contributed by atoms with Crippen LogP contribution in [0.5, 0.6) is 0 Å². The molecule has 20 heavy (non-hydrogen) atoms. The molecule has 0 aliphatic heterocycles. The average molecular weight is 298 g/mol. The van der Waals surface area contributed by atoms with Gasteiger partial charge < -0.3 is 10.0 Å². The molecular formula is C15H20ClNO3. The number of carbonyl (C=O) groups excluding carboxylic acids is 1. The van der Waals surface area contributed by atoms with E-state index in [-0.39, 0.29) is 18.4 Å². The van der Waals surface area contributed by atoms with E-state index in [9.17, 15) is 9.59 Å². The van der Waals surface area contributed by atoms with Gasteiger partial charge in [-0.3, -0.25) is 9.59 Å². The fourth-order valence-electron chi connectivity index (χ4n) is 1.86. The minimum Gasteiger partial charge on any atom is -0.481 e. The van der Waals surface area contributed by atoms with Gasteiger partial charge in [0.2, 0.25) is 0 Å². The van der Waals surface area contributed by atoms with E-state index < -0.39 is 11.9 Å². The Morgan fingerprint density at radius 1 is 1.15 bits per heavy atom. The van der Waals surface area contributed by atoms with Crippen molar-refractivity contribution >= 4 is 23.5 Å². The largest absolute Gasteiger partial charge is 0.481 e. The second kappa shape index (κ2) is 7.29. The maximum Gasteiger partial charge on any atom is 0.308 e. The third kappa shape index (κ3) is 4.85. The number of hydrogen-bond donors (Lipinski definition) is 1. The normalized spacial score (nSPS) is 12.2. The highest BCUT2D eigenvalue weighted by Crippen LogP contribution is 2.14. The van der Waals surface area contributed by atoms with E-state index in [0.717, 1.165) is 0 Å². The smallest absolute Gasteiger partial charge is 0.308 e. The highest BCUT2D eigenvalue weighted by atomic mass is 35.5. The molecule has 0 saturated carbocycles. The van der Waals surface area contributed by atoms with Crippen molar-refractivity contribution in [1.29, 1.82) is 0 Å². The number of aliphatic carboxylic acids is 1. The first-order valence-electron chi connectivity index (χ1n) is 6.59. The maximum absolute atomic E-state index is 12.4. The first-order valence-corrected chi connectivity index (χ1v) is 6.96. The van der Waals surface area contributed by atoms with Crippen molar-refractivity contribution < 1.29 is 14.7 Å². The van der Waals surface area contributed by atoms with Gasteiger partial charge in [-0.1, -0.05) is 32.4 Å². The van der Waals surface area contributed by atoms with E-state index in [1.807, 2.05) is 13.8 Å². The van der Waals surface area contributed by atoms with Crippen LogP contribution >= 0.6 is 11.6 Å². The third-order valence-electron chi connectivity index (χ3n) is 2.88. The Morgan fingerprint density at radius 3 is 2.15 bits per heavy atom. The Kier molecular flexibility index (Phi) is 6.02. The summed E-state index contributed by atoms with van der Waals surface area (Å²) in [6.07, 6.45) is 0. The standard InChI is InChI=1S/C15H20ClNO3/c1-10(2)8-17(9-11(3)15(19)20)14(18)12-4-6-13(16)7-5-12/h4-7,10-11H,8-9H2,1-3H3,(H,19,20). The van der Waals surface area contributed by atoms with Gasteiger partial charge in [0, 0.05) is 23.7 Å². The van der Waals surface area contributed by atoms with Gasteiger partial charge in [0.25, 0.3) is 5.91 Å². The van der Waals surface area contributed by atoms with E-state index in [2.05, 4.69) is 0 Å². The molecular weight excluding hydrogens is 278 g/mol. The van der Waals surface area contributed by atoms with E-state index >= 15 is 0 Å². The summed E-state index contributed by atoms with van der Waals surface area (Å²) in [5.74, 6) is -1.39. The van der Waals surface area contributed by atoms with Crippen LogP contribution in [0, 0.1) is 11.8 Å². The van der Waals surface area contributed by atoms with Crippen molar-refractivity contribution in [2.24, 2.45) is 11.8 Å². The highest BCUT2D eigenvalue weighted by molar-refractivity contribution is 6.30. The van der Waals surface area contributed by atoms with Gasteiger partial charge in [-0.15, -0.1) is 0 Å². The summed E-state index contributed by atoms with van der Waals surface area (Å²) < 4.78 is 0. The molecule has 0 aromatic heterocycles. The lowest BCUT2D eigenvalue weighted by molar-refractivity contribution is -0.141. The minimum absolute atomic E-state index is 0.163. The lowest BCUT2D eigenvalue weighted by atomic mass is 10.1. The molecule has 1 N–H and O–H groups in total. The number of halogens is 1. The Balaban J connectivity index is 2.89. The van der Waals surface area contributed by atoms with Crippen LogP contribution in [-0.4, -0.2) is 35.0 Å². The van der Waals surface area contributed by atoms with Gasteiger partial charge in [-0.05, 0) is 30.2 Å². The Labute approximate surface area is 124 Å². The molecule has 0 aliphatic rings. The van der Waals surface area contributed by atoms with Crippen LogP contribution in [0.2, 0.25) is 5.02 Å². The molecule has 1 unspecified atom stereocenters. The van der Waals surface area contributed by atoms with Crippen molar-refractivity contribution in [3.05, 3.63) is 34.9 Å². The van der Waals surface area contributed by atoms with Crippen LogP contribution in [0.15, 0.2) is 24.3 Å². The van der Waals surface area contributed by atoms with Crippen LogP contribution in [0.1, 0.15) is 31.1 Å². The summed E-state index contributed by atoms with van der Waals surface area (Å²) in [6.45, 7) is 6.32. The number of benzene rings is 1. The van der Waals surface area contributed by atoms with E-state index in [4.69, 9.17) is 16.7 Å². The monoisotopic (exact) mass is 297 g/mol. The predicted molar refractivity (Wildman–Crippen MR) is 79.0 cm³/mol. The molecule has 4 nitrogen and oxygen atoms in total. The molecule has 1 aromatic rings.